The summed E-state index contributed by atoms with van der Waals surface area (Å²) in [5.41, 5.74) is 0. The molecule has 0 aliphatic carbocycles. The monoisotopic (exact) mass is 407 g/mol. The molecule has 152 valence electrons. The van der Waals surface area contributed by atoms with Gasteiger partial charge in [-0.1, -0.05) is 18.2 Å². The van der Waals surface area contributed by atoms with Crippen molar-refractivity contribution in [3.05, 3.63) is 54.5 Å². The molecule has 0 fully saturated rings. The van der Waals surface area contributed by atoms with E-state index >= 15 is 0 Å². The van der Waals surface area contributed by atoms with Gasteiger partial charge in [0.2, 0.25) is 0 Å². The molecule has 0 saturated heterocycles. The quantitative estimate of drug-likeness (QED) is 0.474. The number of carbonyl (C=O) groups is 2. The molecule has 1 aromatic heterocycles. The van der Waals surface area contributed by atoms with E-state index in [1.807, 2.05) is 19.0 Å². The van der Waals surface area contributed by atoms with Crippen LogP contribution in [-0.4, -0.2) is 58.9 Å². The highest BCUT2D eigenvalue weighted by molar-refractivity contribution is 7.91. The highest BCUT2D eigenvalue weighted by atomic mass is 32.2. The number of amides is 2. The van der Waals surface area contributed by atoms with Crippen molar-refractivity contribution < 1.29 is 22.4 Å². The highest BCUT2D eigenvalue weighted by Crippen LogP contribution is 2.28. The van der Waals surface area contributed by atoms with Gasteiger partial charge in [-0.3, -0.25) is 9.59 Å². The third kappa shape index (κ3) is 5.93. The molecule has 0 aliphatic rings. The number of nitrogens with zero attached hydrogens (tertiary/aromatic N) is 1. The maximum atomic E-state index is 13.0. The van der Waals surface area contributed by atoms with Gasteiger partial charge in [-0.05, 0) is 51.3 Å². The van der Waals surface area contributed by atoms with Gasteiger partial charge in [0.1, 0.15) is 11.0 Å². The summed E-state index contributed by atoms with van der Waals surface area (Å²) in [5, 5.41) is 3.77. The molecule has 1 heterocycles. The first-order valence-corrected chi connectivity index (χ1v) is 10.4. The van der Waals surface area contributed by atoms with Crippen LogP contribution in [0.5, 0.6) is 0 Å². The lowest BCUT2D eigenvalue weighted by atomic mass is 10.3. The number of benzene rings is 1. The molecule has 1 atom stereocenters. The predicted octanol–water partition coefficient (Wildman–Crippen LogP) is 0.979. The normalized spacial score (nSPS) is 12.5. The average molecular weight is 407 g/mol. The van der Waals surface area contributed by atoms with Crippen molar-refractivity contribution in [3.8, 4) is 0 Å². The van der Waals surface area contributed by atoms with Crippen LogP contribution in [0.2, 0.25) is 0 Å². The fraction of sp³-hybridized carbons (Fsp3) is 0.368. The highest BCUT2D eigenvalue weighted by Gasteiger charge is 2.32. The number of sulfone groups is 1. The Morgan fingerprint density at radius 3 is 2.32 bits per heavy atom. The van der Waals surface area contributed by atoms with Gasteiger partial charge < -0.3 is 20.0 Å². The largest absolute Gasteiger partial charge is 0.468 e. The van der Waals surface area contributed by atoms with Crippen molar-refractivity contribution in [1.82, 2.24) is 15.5 Å². The first-order chi connectivity index (χ1) is 13.3. The van der Waals surface area contributed by atoms with Gasteiger partial charge >= 0.3 is 11.8 Å². The molecular weight excluding hydrogens is 382 g/mol. The van der Waals surface area contributed by atoms with Crippen LogP contribution in [0.4, 0.5) is 0 Å². The molecule has 2 N–H and O–H groups in total. The number of nitrogens with one attached hydrogen (secondary N) is 2. The molecule has 0 bridgehead atoms. The van der Waals surface area contributed by atoms with Crippen molar-refractivity contribution in [2.45, 2.75) is 16.6 Å². The minimum atomic E-state index is -3.82. The lowest BCUT2D eigenvalue weighted by Crippen LogP contribution is -2.42. The van der Waals surface area contributed by atoms with Crippen molar-refractivity contribution in [1.29, 1.82) is 0 Å². The summed E-state index contributed by atoms with van der Waals surface area (Å²) in [5.74, 6) is -1.49. The molecule has 0 spiro atoms. The minimum absolute atomic E-state index is 0.110. The lowest BCUT2D eigenvalue weighted by Gasteiger charge is -2.16. The lowest BCUT2D eigenvalue weighted by molar-refractivity contribution is -0.139. The molecule has 28 heavy (non-hydrogen) atoms. The second-order valence-electron chi connectivity index (χ2n) is 6.48. The summed E-state index contributed by atoms with van der Waals surface area (Å²) in [6.45, 7) is 0.848. The minimum Gasteiger partial charge on any atom is -0.468 e. The SMILES string of the molecule is CN(C)CCCNC(=O)C(=O)NCC(c1ccco1)S(=O)(=O)c1ccccc1. The zero-order valence-corrected chi connectivity index (χ0v) is 16.7. The summed E-state index contributed by atoms with van der Waals surface area (Å²) in [4.78, 5) is 26.0. The second-order valence-corrected chi connectivity index (χ2v) is 8.62. The third-order valence-corrected chi connectivity index (χ3v) is 6.11. The van der Waals surface area contributed by atoms with Crippen LogP contribution in [0.3, 0.4) is 0 Å². The Hall–Kier alpha value is -2.65. The number of rotatable bonds is 9. The van der Waals surface area contributed by atoms with Crippen LogP contribution in [0.1, 0.15) is 17.4 Å². The molecular formula is C19H25N3O5S. The van der Waals surface area contributed by atoms with Crippen molar-refractivity contribution in [3.63, 3.8) is 0 Å². The molecule has 2 aromatic rings. The van der Waals surface area contributed by atoms with E-state index in [4.69, 9.17) is 4.42 Å². The Morgan fingerprint density at radius 2 is 1.71 bits per heavy atom. The number of furan rings is 1. The molecule has 2 rings (SSSR count). The molecule has 2 amide bonds. The van der Waals surface area contributed by atoms with Gasteiger partial charge in [0.25, 0.3) is 0 Å². The summed E-state index contributed by atoms with van der Waals surface area (Å²) in [6, 6.07) is 11.0. The summed E-state index contributed by atoms with van der Waals surface area (Å²) < 4.78 is 31.2. The van der Waals surface area contributed by atoms with E-state index in [-0.39, 0.29) is 17.2 Å². The predicted molar refractivity (Wildman–Crippen MR) is 104 cm³/mol. The van der Waals surface area contributed by atoms with E-state index in [2.05, 4.69) is 10.6 Å². The summed E-state index contributed by atoms with van der Waals surface area (Å²) >= 11 is 0. The van der Waals surface area contributed by atoms with Gasteiger partial charge in [0, 0.05) is 13.1 Å². The molecule has 0 saturated carbocycles. The molecule has 0 radical (unpaired) electrons. The van der Waals surface area contributed by atoms with Gasteiger partial charge in [-0.25, -0.2) is 8.42 Å². The van der Waals surface area contributed by atoms with Gasteiger partial charge in [-0.15, -0.1) is 0 Å². The van der Waals surface area contributed by atoms with E-state index in [9.17, 15) is 18.0 Å². The zero-order valence-electron chi connectivity index (χ0n) is 15.9. The first-order valence-electron chi connectivity index (χ1n) is 8.85. The number of carbonyl (C=O) groups excluding carboxylic acids is 2. The van der Waals surface area contributed by atoms with E-state index in [0.29, 0.717) is 13.0 Å². The van der Waals surface area contributed by atoms with Gasteiger partial charge in [0.05, 0.1) is 11.2 Å². The topological polar surface area (TPSA) is 109 Å². The maximum absolute atomic E-state index is 13.0. The Bertz CT molecular complexity index is 864. The van der Waals surface area contributed by atoms with E-state index in [0.717, 1.165) is 6.54 Å². The Balaban J connectivity index is 2.03. The third-order valence-electron chi connectivity index (χ3n) is 4.03. The molecule has 0 aliphatic heterocycles. The first kappa shape index (κ1) is 21.6. The molecule has 1 aromatic carbocycles. The average Bonchev–Trinajstić information content (AvgIpc) is 3.19. The van der Waals surface area contributed by atoms with Crippen LogP contribution >= 0.6 is 0 Å². The Labute approximate surface area is 164 Å². The number of hydrogen-bond donors (Lipinski definition) is 2. The van der Waals surface area contributed by atoms with Crippen LogP contribution in [0.15, 0.2) is 58.0 Å². The standard InChI is InChI=1S/C19H25N3O5S/c1-22(2)12-7-11-20-18(23)19(24)21-14-17(16-10-6-13-27-16)28(25,26)15-8-4-3-5-9-15/h3-6,8-10,13,17H,7,11-12,14H2,1-2H3,(H,20,23)(H,21,24). The van der Waals surface area contributed by atoms with Gasteiger partial charge in [0.15, 0.2) is 9.84 Å². The molecule has 1 unspecified atom stereocenters. The summed E-state index contributed by atoms with van der Waals surface area (Å²) in [6.07, 6.45) is 2.06. The summed E-state index contributed by atoms with van der Waals surface area (Å²) in [7, 11) is 0.00482. The fourth-order valence-corrected chi connectivity index (χ4v) is 4.16. The van der Waals surface area contributed by atoms with Crippen LogP contribution in [-0.2, 0) is 19.4 Å². The van der Waals surface area contributed by atoms with E-state index < -0.39 is 26.9 Å². The Kier molecular flexibility index (Phi) is 7.77. The van der Waals surface area contributed by atoms with Crippen molar-refractivity contribution >= 4 is 21.7 Å². The maximum Gasteiger partial charge on any atom is 0.309 e. The zero-order chi connectivity index (χ0) is 20.6. The van der Waals surface area contributed by atoms with Crippen LogP contribution in [0, 0.1) is 0 Å². The van der Waals surface area contributed by atoms with E-state index in [1.54, 1.807) is 24.3 Å². The van der Waals surface area contributed by atoms with Crippen LogP contribution in [0.25, 0.3) is 0 Å². The number of hydrogen-bond acceptors (Lipinski definition) is 6. The van der Waals surface area contributed by atoms with Crippen LogP contribution < -0.4 is 10.6 Å². The molecule has 9 heteroatoms. The fourth-order valence-electron chi connectivity index (χ4n) is 2.56. The van der Waals surface area contributed by atoms with Gasteiger partial charge in [-0.2, -0.15) is 0 Å². The van der Waals surface area contributed by atoms with E-state index in [1.165, 1.54) is 24.5 Å². The van der Waals surface area contributed by atoms with Crippen molar-refractivity contribution in [2.24, 2.45) is 0 Å². The Morgan fingerprint density at radius 1 is 1.04 bits per heavy atom. The molecule has 8 nitrogen and oxygen atoms in total. The smallest absolute Gasteiger partial charge is 0.309 e. The second kappa shape index (κ2) is 10.0. The van der Waals surface area contributed by atoms with Crippen molar-refractivity contribution in [2.75, 3.05) is 33.7 Å².